The Kier molecular flexibility index (Phi) is 8.38. The average Bonchev–Trinajstić information content (AvgIpc) is 3.70. The van der Waals surface area contributed by atoms with Crippen LogP contribution in [0.3, 0.4) is 0 Å². The molecule has 0 saturated carbocycles. The van der Waals surface area contributed by atoms with Crippen LogP contribution in [0.15, 0.2) is 53.9 Å². The Bertz CT molecular complexity index is 1820. The first-order chi connectivity index (χ1) is 21.6. The lowest BCUT2D eigenvalue weighted by molar-refractivity contribution is 0.0697. The fourth-order valence-electron chi connectivity index (χ4n) is 6.04. The van der Waals surface area contributed by atoms with Crippen molar-refractivity contribution in [2.24, 2.45) is 11.8 Å². The van der Waals surface area contributed by atoms with E-state index in [0.717, 1.165) is 52.3 Å². The highest BCUT2D eigenvalue weighted by atomic mass is 32.1. The molecule has 3 aromatic carbocycles. The van der Waals surface area contributed by atoms with E-state index < -0.39 is 5.97 Å². The number of aromatic carboxylic acids is 1. The molecule has 2 amide bonds. The van der Waals surface area contributed by atoms with Gasteiger partial charge in [-0.15, -0.1) is 11.3 Å². The third-order valence-electron chi connectivity index (χ3n) is 8.19. The molecule has 0 bridgehead atoms. The van der Waals surface area contributed by atoms with Crippen LogP contribution in [-0.2, 0) is 19.4 Å². The van der Waals surface area contributed by atoms with Crippen LogP contribution in [0.4, 0.5) is 11.4 Å². The summed E-state index contributed by atoms with van der Waals surface area (Å²) < 4.78 is 6.11. The van der Waals surface area contributed by atoms with Crippen molar-refractivity contribution in [2.75, 3.05) is 23.7 Å². The van der Waals surface area contributed by atoms with Gasteiger partial charge in [-0.05, 0) is 94.8 Å². The first kappa shape index (κ1) is 30.4. The second-order valence-electron chi connectivity index (χ2n) is 12.5. The minimum Gasteiger partial charge on any atom is -0.488 e. The number of nitrogens with one attached hydrogen (secondary N) is 3. The highest BCUT2D eigenvalue weighted by Crippen LogP contribution is 2.45. The van der Waals surface area contributed by atoms with Gasteiger partial charge in [0.2, 0.25) is 0 Å². The molecule has 9 heteroatoms. The van der Waals surface area contributed by atoms with E-state index in [9.17, 15) is 19.5 Å². The lowest BCUT2D eigenvalue weighted by Crippen LogP contribution is -2.27. The SMILES string of the molecule is CC(C)CNC(=O)c1ccc(-c2cc3c(cc2C(=O)Nc2ccc4c(c2CC(C)C)CCN4)-c2sccc2CO3)c(C(=O)O)c1. The molecule has 4 aromatic rings. The highest BCUT2D eigenvalue weighted by molar-refractivity contribution is 7.13. The van der Waals surface area contributed by atoms with E-state index in [1.807, 2.05) is 37.4 Å². The van der Waals surface area contributed by atoms with Crippen LogP contribution in [0.2, 0.25) is 0 Å². The minimum atomic E-state index is -1.20. The number of hydrogen-bond acceptors (Lipinski definition) is 6. The maximum absolute atomic E-state index is 14.3. The lowest BCUT2D eigenvalue weighted by atomic mass is 9.90. The molecule has 0 unspecified atom stereocenters. The molecule has 4 N–H and O–H groups in total. The van der Waals surface area contributed by atoms with Crippen molar-refractivity contribution >= 4 is 40.5 Å². The monoisotopic (exact) mass is 623 g/mol. The predicted octanol–water partition coefficient (Wildman–Crippen LogP) is 7.48. The Hall–Kier alpha value is -4.63. The molecular formula is C36H37N3O5S. The molecule has 0 atom stereocenters. The number of fused-ring (bicyclic) bond motifs is 4. The molecule has 6 rings (SSSR count). The quantitative estimate of drug-likeness (QED) is 0.154. The number of carbonyl (C=O) groups excluding carboxylic acids is 2. The molecule has 1 aromatic heterocycles. The smallest absolute Gasteiger partial charge is 0.336 e. The summed E-state index contributed by atoms with van der Waals surface area (Å²) in [6, 6.07) is 14.1. The van der Waals surface area contributed by atoms with Crippen molar-refractivity contribution in [3.8, 4) is 27.3 Å². The summed E-state index contributed by atoms with van der Waals surface area (Å²) in [5.41, 5.74) is 7.28. The molecule has 2 aliphatic heterocycles. The molecule has 232 valence electrons. The Balaban J connectivity index is 1.47. The van der Waals surface area contributed by atoms with E-state index >= 15 is 0 Å². The van der Waals surface area contributed by atoms with E-state index in [4.69, 9.17) is 4.74 Å². The van der Waals surface area contributed by atoms with Gasteiger partial charge >= 0.3 is 5.97 Å². The van der Waals surface area contributed by atoms with Gasteiger partial charge in [-0.2, -0.15) is 0 Å². The fourth-order valence-corrected chi connectivity index (χ4v) is 6.97. The molecule has 45 heavy (non-hydrogen) atoms. The molecule has 0 aliphatic carbocycles. The number of hydrogen-bond donors (Lipinski definition) is 4. The largest absolute Gasteiger partial charge is 0.488 e. The van der Waals surface area contributed by atoms with Gasteiger partial charge in [0.05, 0.1) is 5.56 Å². The zero-order chi connectivity index (χ0) is 31.8. The molecular weight excluding hydrogens is 586 g/mol. The molecule has 0 saturated heterocycles. The van der Waals surface area contributed by atoms with Crippen molar-refractivity contribution in [1.82, 2.24) is 5.32 Å². The number of ether oxygens (including phenoxy) is 1. The number of thiophene rings is 1. The van der Waals surface area contributed by atoms with E-state index in [0.29, 0.717) is 41.5 Å². The summed E-state index contributed by atoms with van der Waals surface area (Å²) in [6.45, 7) is 10.0. The zero-order valence-electron chi connectivity index (χ0n) is 25.9. The average molecular weight is 624 g/mol. The van der Waals surface area contributed by atoms with Gasteiger partial charge in [-0.1, -0.05) is 33.8 Å². The standard InChI is InChI=1S/C36H37N3O5S/c1-19(2)13-26-24-9-11-37-30(24)7-8-31(26)39-35(41)27-15-29-32(44-18-22-10-12-45-33(22)29)16-25(27)23-6-5-21(14-28(23)36(42)43)34(40)38-17-20(3)4/h5-8,10,12,14-16,19-20,37H,9,11,13,17-18H2,1-4H3,(H,38,40)(H,39,41)(H,42,43). The number of amides is 2. The number of carbonyl (C=O) groups is 3. The lowest BCUT2D eigenvalue weighted by Gasteiger charge is -2.22. The minimum absolute atomic E-state index is 0.0714. The maximum atomic E-state index is 14.3. The summed E-state index contributed by atoms with van der Waals surface area (Å²) >= 11 is 1.58. The Labute approximate surface area is 266 Å². The second-order valence-corrected chi connectivity index (χ2v) is 13.4. The Morgan fingerprint density at radius 3 is 2.51 bits per heavy atom. The second kappa shape index (κ2) is 12.4. The molecule has 0 fully saturated rings. The summed E-state index contributed by atoms with van der Waals surface area (Å²) in [5.74, 6) is -0.678. The maximum Gasteiger partial charge on any atom is 0.336 e. The number of benzene rings is 3. The van der Waals surface area contributed by atoms with Crippen molar-refractivity contribution in [2.45, 2.75) is 47.1 Å². The molecule has 8 nitrogen and oxygen atoms in total. The van der Waals surface area contributed by atoms with Crippen LogP contribution in [-0.4, -0.2) is 36.0 Å². The van der Waals surface area contributed by atoms with Gasteiger partial charge in [0.15, 0.2) is 0 Å². The third-order valence-corrected chi connectivity index (χ3v) is 9.18. The first-order valence-electron chi connectivity index (χ1n) is 15.3. The fraction of sp³-hybridized carbons (Fsp3) is 0.306. The van der Waals surface area contributed by atoms with Crippen LogP contribution in [0.5, 0.6) is 5.75 Å². The van der Waals surface area contributed by atoms with Crippen LogP contribution in [0, 0.1) is 11.8 Å². The topological polar surface area (TPSA) is 117 Å². The van der Waals surface area contributed by atoms with Gasteiger partial charge < -0.3 is 25.8 Å². The number of rotatable bonds is 9. The Morgan fingerprint density at radius 1 is 0.933 bits per heavy atom. The Morgan fingerprint density at radius 2 is 1.76 bits per heavy atom. The third kappa shape index (κ3) is 6.04. The van der Waals surface area contributed by atoms with E-state index in [1.54, 1.807) is 35.6 Å². The molecule has 3 heterocycles. The van der Waals surface area contributed by atoms with Crippen molar-refractivity contribution in [1.29, 1.82) is 0 Å². The van der Waals surface area contributed by atoms with Crippen LogP contribution in [0.1, 0.15) is 75.5 Å². The summed E-state index contributed by atoms with van der Waals surface area (Å²) in [5, 5.41) is 21.8. The van der Waals surface area contributed by atoms with Gasteiger partial charge in [-0.25, -0.2) is 4.79 Å². The van der Waals surface area contributed by atoms with Crippen LogP contribution >= 0.6 is 11.3 Å². The summed E-state index contributed by atoms with van der Waals surface area (Å²) in [4.78, 5) is 40.8. The number of carboxylic acids is 1. The van der Waals surface area contributed by atoms with Gasteiger partial charge in [0, 0.05) is 51.6 Å². The highest BCUT2D eigenvalue weighted by Gasteiger charge is 2.27. The molecule has 0 spiro atoms. The first-order valence-corrected chi connectivity index (χ1v) is 16.2. The van der Waals surface area contributed by atoms with Crippen molar-refractivity contribution < 1.29 is 24.2 Å². The van der Waals surface area contributed by atoms with E-state index in [2.05, 4.69) is 29.8 Å². The molecule has 2 aliphatic rings. The van der Waals surface area contributed by atoms with Crippen molar-refractivity contribution in [3.63, 3.8) is 0 Å². The van der Waals surface area contributed by atoms with Crippen LogP contribution in [0.25, 0.3) is 21.6 Å². The van der Waals surface area contributed by atoms with Crippen LogP contribution < -0.4 is 20.7 Å². The summed E-state index contributed by atoms with van der Waals surface area (Å²) in [7, 11) is 0. The van der Waals surface area contributed by atoms with E-state index in [-0.39, 0.29) is 28.9 Å². The normalized spacial score (nSPS) is 13.0. The van der Waals surface area contributed by atoms with Gasteiger partial charge in [-0.3, -0.25) is 9.59 Å². The van der Waals surface area contributed by atoms with Crippen molar-refractivity contribution in [3.05, 3.63) is 87.3 Å². The molecule has 0 radical (unpaired) electrons. The number of anilines is 2. The zero-order valence-corrected chi connectivity index (χ0v) is 26.7. The van der Waals surface area contributed by atoms with Gasteiger partial charge in [0.1, 0.15) is 12.4 Å². The summed E-state index contributed by atoms with van der Waals surface area (Å²) in [6.07, 6.45) is 1.70. The van der Waals surface area contributed by atoms with Gasteiger partial charge in [0.25, 0.3) is 11.8 Å². The number of carboxylic acid groups (broad SMARTS) is 1. The predicted molar refractivity (Wildman–Crippen MR) is 179 cm³/mol. The van der Waals surface area contributed by atoms with E-state index in [1.165, 1.54) is 11.6 Å².